The molecule has 0 bridgehead atoms. The summed E-state index contributed by atoms with van der Waals surface area (Å²) in [6.45, 7) is 7.49. The van der Waals surface area contributed by atoms with Gasteiger partial charge in [-0.3, -0.25) is 14.7 Å². The van der Waals surface area contributed by atoms with Crippen LogP contribution in [0.2, 0.25) is 0 Å². The van der Waals surface area contributed by atoms with Crippen molar-refractivity contribution in [1.82, 2.24) is 14.9 Å². The summed E-state index contributed by atoms with van der Waals surface area (Å²) in [6.07, 6.45) is 4.67. The number of aromatic nitrogens is 2. The first kappa shape index (κ1) is 20.5. The number of pyridine rings is 1. The van der Waals surface area contributed by atoms with Gasteiger partial charge in [-0.05, 0) is 45.4 Å². The van der Waals surface area contributed by atoms with Crippen LogP contribution >= 0.6 is 11.8 Å². The molecule has 1 N–H and O–H groups in total. The minimum Gasteiger partial charge on any atom is -0.444 e. The molecule has 1 fully saturated rings. The van der Waals surface area contributed by atoms with E-state index >= 15 is 0 Å². The topological polar surface area (TPSA) is 75.3 Å². The smallest absolute Gasteiger partial charge is 0.412 e. The van der Waals surface area contributed by atoms with Crippen LogP contribution in [0.15, 0.2) is 48.9 Å². The van der Waals surface area contributed by atoms with Gasteiger partial charge in [0.1, 0.15) is 17.0 Å². The maximum absolute atomic E-state index is 13.6. The summed E-state index contributed by atoms with van der Waals surface area (Å²) in [5.41, 5.74) is 2.84. The zero-order valence-corrected chi connectivity index (χ0v) is 18.3. The van der Waals surface area contributed by atoms with E-state index in [1.165, 1.54) is 0 Å². The Morgan fingerprint density at radius 1 is 1.27 bits per heavy atom. The Morgan fingerprint density at radius 3 is 2.77 bits per heavy atom. The van der Waals surface area contributed by atoms with E-state index in [0.717, 1.165) is 22.0 Å². The highest BCUT2D eigenvalue weighted by molar-refractivity contribution is 7.99. The highest BCUT2D eigenvalue weighted by atomic mass is 32.2. The molecule has 0 saturated carbocycles. The molecule has 1 aliphatic rings. The quantitative estimate of drug-likeness (QED) is 0.593. The molecule has 1 saturated heterocycles. The van der Waals surface area contributed by atoms with Gasteiger partial charge in [-0.25, -0.2) is 4.79 Å². The lowest BCUT2D eigenvalue weighted by Gasteiger charge is -2.31. The number of nitrogens with zero attached hydrogens (tertiary/aromatic N) is 2. The number of rotatable bonds is 3. The number of benzene rings is 1. The molecular weight excluding hydrogens is 398 g/mol. The molecule has 0 radical (unpaired) electrons. The first-order valence-corrected chi connectivity index (χ1v) is 10.9. The van der Waals surface area contributed by atoms with Crippen LogP contribution in [-0.2, 0) is 4.74 Å². The van der Waals surface area contributed by atoms with E-state index in [2.05, 4.69) is 9.97 Å². The first-order chi connectivity index (χ1) is 14.2. The third-order valence-electron chi connectivity index (χ3n) is 4.98. The number of hydrogen-bond acceptors (Lipinski definition) is 5. The van der Waals surface area contributed by atoms with Crippen LogP contribution in [0.5, 0.6) is 0 Å². The van der Waals surface area contributed by atoms with E-state index < -0.39 is 17.7 Å². The number of carbonyl (C=O) groups is 2. The molecule has 3 aromatic rings. The zero-order chi connectivity index (χ0) is 21.5. The van der Waals surface area contributed by atoms with Gasteiger partial charge in [0.25, 0.3) is 0 Å². The SMILES string of the molecule is Cc1ccc2c(C(=O)C3CSC(c4cccnc4)N3C(=O)OC(C)(C)C)c[nH]c2c1. The first-order valence-electron chi connectivity index (χ1n) is 9.89. The van der Waals surface area contributed by atoms with E-state index in [9.17, 15) is 9.59 Å². The van der Waals surface area contributed by atoms with Crippen molar-refractivity contribution in [2.24, 2.45) is 0 Å². The number of nitrogens with one attached hydrogen (secondary N) is 1. The Hall–Kier alpha value is -2.80. The molecule has 1 aromatic carbocycles. The minimum absolute atomic E-state index is 0.0881. The van der Waals surface area contributed by atoms with Crippen molar-refractivity contribution >= 4 is 34.5 Å². The van der Waals surface area contributed by atoms with Crippen LogP contribution < -0.4 is 0 Å². The van der Waals surface area contributed by atoms with Crippen LogP contribution in [0.4, 0.5) is 4.79 Å². The van der Waals surface area contributed by atoms with E-state index in [-0.39, 0.29) is 11.2 Å². The van der Waals surface area contributed by atoms with Gasteiger partial charge in [-0.2, -0.15) is 0 Å². The fourth-order valence-corrected chi connectivity index (χ4v) is 5.05. The van der Waals surface area contributed by atoms with E-state index in [1.54, 1.807) is 35.3 Å². The van der Waals surface area contributed by atoms with Gasteiger partial charge < -0.3 is 9.72 Å². The Labute approximate surface area is 180 Å². The average Bonchev–Trinajstić information content (AvgIpc) is 3.31. The van der Waals surface area contributed by atoms with Gasteiger partial charge >= 0.3 is 6.09 Å². The highest BCUT2D eigenvalue weighted by Gasteiger charge is 2.44. The summed E-state index contributed by atoms with van der Waals surface area (Å²) in [5.74, 6) is 0.408. The molecule has 1 amide bonds. The normalized spacial score (nSPS) is 19.3. The number of carbonyl (C=O) groups excluding carboxylic acids is 2. The van der Waals surface area contributed by atoms with Crippen LogP contribution in [0.3, 0.4) is 0 Å². The number of fused-ring (bicyclic) bond motifs is 1. The van der Waals surface area contributed by atoms with E-state index in [1.807, 2.05) is 58.0 Å². The van der Waals surface area contributed by atoms with Gasteiger partial charge in [0.15, 0.2) is 5.78 Å². The molecule has 1 aliphatic heterocycles. The van der Waals surface area contributed by atoms with Gasteiger partial charge in [0.2, 0.25) is 0 Å². The lowest BCUT2D eigenvalue weighted by Crippen LogP contribution is -2.45. The number of Topliss-reactive ketones (excluding diaryl/α,β-unsaturated/α-hetero) is 1. The molecule has 4 rings (SSSR count). The molecule has 2 aromatic heterocycles. The van der Waals surface area contributed by atoms with Crippen molar-refractivity contribution in [2.75, 3.05) is 5.75 Å². The number of amides is 1. The van der Waals surface area contributed by atoms with Gasteiger partial charge in [-0.1, -0.05) is 18.2 Å². The third-order valence-corrected chi connectivity index (χ3v) is 6.30. The van der Waals surface area contributed by atoms with Gasteiger partial charge in [-0.15, -0.1) is 11.8 Å². The summed E-state index contributed by atoms with van der Waals surface area (Å²) < 4.78 is 5.67. The summed E-state index contributed by atoms with van der Waals surface area (Å²) in [5, 5.41) is 0.541. The van der Waals surface area contributed by atoms with Crippen molar-refractivity contribution in [3.05, 3.63) is 65.6 Å². The number of thioether (sulfide) groups is 1. The molecule has 2 unspecified atom stereocenters. The number of hydrogen-bond donors (Lipinski definition) is 1. The van der Waals surface area contributed by atoms with Crippen LogP contribution in [0.25, 0.3) is 10.9 Å². The highest BCUT2D eigenvalue weighted by Crippen LogP contribution is 2.43. The maximum atomic E-state index is 13.6. The third kappa shape index (κ3) is 3.94. The molecule has 0 spiro atoms. The Bertz CT molecular complexity index is 1090. The molecule has 7 heteroatoms. The lowest BCUT2D eigenvalue weighted by molar-refractivity contribution is 0.0173. The molecular formula is C23H25N3O3S. The van der Waals surface area contributed by atoms with Crippen molar-refractivity contribution in [3.63, 3.8) is 0 Å². The largest absolute Gasteiger partial charge is 0.444 e. The Kier molecular flexibility index (Phi) is 5.32. The predicted octanol–water partition coefficient (Wildman–Crippen LogP) is 5.11. The number of aryl methyl sites for hydroxylation is 1. The number of H-pyrrole nitrogens is 1. The van der Waals surface area contributed by atoms with Gasteiger partial charge in [0.05, 0.1) is 0 Å². The summed E-state index contributed by atoms with van der Waals surface area (Å²) >= 11 is 1.55. The Balaban J connectivity index is 1.71. The maximum Gasteiger partial charge on any atom is 0.412 e. The number of ether oxygens (including phenoxy) is 1. The molecule has 6 nitrogen and oxygen atoms in total. The Morgan fingerprint density at radius 2 is 2.07 bits per heavy atom. The van der Waals surface area contributed by atoms with Crippen LogP contribution in [-0.4, -0.2) is 44.1 Å². The fraction of sp³-hybridized carbons (Fsp3) is 0.348. The fourth-order valence-electron chi connectivity index (χ4n) is 3.65. The second kappa shape index (κ2) is 7.80. The van der Waals surface area contributed by atoms with Gasteiger partial charge in [0, 0.05) is 46.4 Å². The molecule has 30 heavy (non-hydrogen) atoms. The average molecular weight is 424 g/mol. The van der Waals surface area contributed by atoms with Crippen molar-refractivity contribution in [1.29, 1.82) is 0 Å². The number of ketones is 1. The van der Waals surface area contributed by atoms with E-state index in [0.29, 0.717) is 11.3 Å². The monoisotopic (exact) mass is 423 g/mol. The van der Waals surface area contributed by atoms with Crippen molar-refractivity contribution in [2.45, 2.75) is 44.7 Å². The zero-order valence-electron chi connectivity index (χ0n) is 17.5. The van der Waals surface area contributed by atoms with Crippen LogP contribution in [0.1, 0.15) is 47.6 Å². The minimum atomic E-state index is -0.657. The van der Waals surface area contributed by atoms with Crippen molar-refractivity contribution < 1.29 is 14.3 Å². The molecule has 3 heterocycles. The van der Waals surface area contributed by atoms with Crippen LogP contribution in [0, 0.1) is 6.92 Å². The lowest BCUT2D eigenvalue weighted by atomic mass is 10.0. The van der Waals surface area contributed by atoms with Crippen molar-refractivity contribution in [3.8, 4) is 0 Å². The second-order valence-electron chi connectivity index (χ2n) is 8.49. The summed E-state index contributed by atoms with van der Waals surface area (Å²) in [7, 11) is 0. The predicted molar refractivity (Wildman–Crippen MR) is 119 cm³/mol. The van der Waals surface area contributed by atoms with E-state index in [4.69, 9.17) is 4.74 Å². The molecule has 0 aliphatic carbocycles. The second-order valence-corrected chi connectivity index (χ2v) is 9.60. The molecule has 156 valence electrons. The summed E-state index contributed by atoms with van der Waals surface area (Å²) in [4.78, 5) is 35.7. The number of aromatic amines is 1. The molecule has 2 atom stereocenters. The standard InChI is InChI=1S/C23H25N3O3S/c1-14-7-8-16-17(12-25-18(16)10-14)20(27)19-13-30-21(15-6-5-9-24-11-15)26(19)22(28)29-23(2,3)4/h5-12,19,21,25H,13H2,1-4H3. The summed E-state index contributed by atoms with van der Waals surface area (Å²) in [6, 6.07) is 9.09.